The molecule has 158 valence electrons. The summed E-state index contributed by atoms with van der Waals surface area (Å²) < 4.78 is 17.8. The number of hydrogen-bond donors (Lipinski definition) is 1. The largest absolute Gasteiger partial charge is 0.493 e. The highest BCUT2D eigenvalue weighted by Crippen LogP contribution is 2.57. The fourth-order valence-corrected chi connectivity index (χ4v) is 5.95. The Bertz CT molecular complexity index is 665. The Morgan fingerprint density at radius 1 is 1.07 bits per heavy atom. The van der Waals surface area contributed by atoms with Gasteiger partial charge in [-0.25, -0.2) is 0 Å². The van der Waals surface area contributed by atoms with E-state index in [1.807, 2.05) is 0 Å². The molecule has 1 aromatic rings. The number of ether oxygens (including phenoxy) is 3. The van der Waals surface area contributed by atoms with Crippen LogP contribution in [0.2, 0.25) is 0 Å². The molecule has 28 heavy (non-hydrogen) atoms. The van der Waals surface area contributed by atoms with Gasteiger partial charge >= 0.3 is 0 Å². The summed E-state index contributed by atoms with van der Waals surface area (Å²) in [5.41, 5.74) is 1.83. The first-order valence-corrected chi connectivity index (χ1v) is 11.6. The predicted molar refractivity (Wildman–Crippen MR) is 125 cm³/mol. The van der Waals surface area contributed by atoms with Crippen LogP contribution in [0.15, 0.2) is 22.7 Å². The molecule has 0 radical (unpaired) electrons. The van der Waals surface area contributed by atoms with Gasteiger partial charge in [-0.3, -0.25) is 0 Å². The fourth-order valence-electron chi connectivity index (χ4n) is 4.74. The van der Waals surface area contributed by atoms with Crippen molar-refractivity contribution in [1.82, 2.24) is 0 Å². The van der Waals surface area contributed by atoms with Gasteiger partial charge in [0.05, 0.1) is 21.3 Å². The summed E-state index contributed by atoms with van der Waals surface area (Å²) in [7, 11) is 4.98. The maximum Gasteiger partial charge on any atom is 0.203 e. The van der Waals surface area contributed by atoms with Crippen molar-refractivity contribution in [3.8, 4) is 17.2 Å². The lowest BCUT2D eigenvalue weighted by Gasteiger charge is -2.51. The minimum atomic E-state index is 0.304. The molecule has 0 aromatic heterocycles. The molecule has 2 rings (SSSR count). The highest BCUT2D eigenvalue weighted by atomic mass is 79.9. The molecule has 1 unspecified atom stereocenters. The summed E-state index contributed by atoms with van der Waals surface area (Å²) in [5, 5.41) is 0. The molecule has 0 aliphatic heterocycles. The molecule has 0 spiro atoms. The van der Waals surface area contributed by atoms with Gasteiger partial charge < -0.3 is 14.2 Å². The third-order valence-corrected chi connectivity index (χ3v) is 7.60. The van der Waals surface area contributed by atoms with E-state index in [-0.39, 0.29) is 0 Å². The van der Waals surface area contributed by atoms with E-state index >= 15 is 0 Å². The molecule has 3 nitrogen and oxygen atoms in total. The number of halogens is 1. The molecule has 0 bridgehead atoms. The van der Waals surface area contributed by atoms with Crippen LogP contribution in [0.5, 0.6) is 17.2 Å². The zero-order valence-corrected chi connectivity index (χ0v) is 20.4. The second-order valence-corrected chi connectivity index (χ2v) is 9.55. The van der Waals surface area contributed by atoms with Crippen LogP contribution in [-0.4, -0.2) is 27.1 Å². The Labute approximate surface area is 184 Å². The molecule has 5 heteroatoms. The highest BCUT2D eigenvalue weighted by molar-refractivity contribution is 9.11. The van der Waals surface area contributed by atoms with Crippen molar-refractivity contribution in [2.75, 3.05) is 27.1 Å². The first-order valence-electron chi connectivity index (χ1n) is 10.1. The molecule has 0 saturated heterocycles. The number of methoxy groups -OCH3 is 3. The number of allylic oxidation sites excluding steroid dienone is 2. The normalized spacial score (nSPS) is 24.6. The van der Waals surface area contributed by atoms with Crippen molar-refractivity contribution in [2.24, 2.45) is 10.8 Å². The molecular formula is C23H35BrO3S. The Morgan fingerprint density at radius 3 is 2.21 bits per heavy atom. The Hall–Kier alpha value is -0.810. The minimum Gasteiger partial charge on any atom is -0.493 e. The minimum absolute atomic E-state index is 0.304. The van der Waals surface area contributed by atoms with E-state index in [4.69, 9.17) is 14.2 Å². The number of thiol groups is 1. The first kappa shape index (κ1) is 23.5. The molecule has 0 amide bonds. The summed E-state index contributed by atoms with van der Waals surface area (Å²) in [4.78, 5) is 0. The van der Waals surface area contributed by atoms with Crippen molar-refractivity contribution in [3.05, 3.63) is 28.3 Å². The molecule has 1 aliphatic carbocycles. The smallest absolute Gasteiger partial charge is 0.203 e. The van der Waals surface area contributed by atoms with Crippen LogP contribution in [0.25, 0.3) is 0 Å². The van der Waals surface area contributed by atoms with Crippen molar-refractivity contribution >= 4 is 28.6 Å². The molecule has 1 aromatic carbocycles. The Morgan fingerprint density at radius 2 is 1.71 bits per heavy atom. The van der Waals surface area contributed by atoms with E-state index in [9.17, 15) is 0 Å². The van der Waals surface area contributed by atoms with E-state index in [1.165, 1.54) is 22.9 Å². The topological polar surface area (TPSA) is 27.7 Å². The zero-order chi connectivity index (χ0) is 20.8. The van der Waals surface area contributed by atoms with Gasteiger partial charge in [0.2, 0.25) is 5.75 Å². The number of benzene rings is 1. The summed E-state index contributed by atoms with van der Waals surface area (Å²) in [6.07, 6.45) is 10.3. The quantitative estimate of drug-likeness (QED) is 0.379. The van der Waals surface area contributed by atoms with Gasteiger partial charge in [0, 0.05) is 0 Å². The average Bonchev–Trinajstić information content (AvgIpc) is 2.70. The maximum absolute atomic E-state index is 5.51. The first-order chi connectivity index (χ1) is 13.4. The number of aryl methyl sites for hydroxylation is 1. The standard InChI is InChI=1S/C23H35BrO3S/c1-6-22(2)16-18(24)9-11-23(22,12-13-28)10-7-8-17-14-19(25-3)21(27-5)20(15-17)26-4/h9,14-15,28H,6-8,10-13,16H2,1-5H3/t22?,23-/m1/s1. The number of rotatable bonds is 10. The van der Waals surface area contributed by atoms with Crippen LogP contribution in [0.1, 0.15) is 57.9 Å². The van der Waals surface area contributed by atoms with Gasteiger partial charge in [0.1, 0.15) is 0 Å². The van der Waals surface area contributed by atoms with Crippen LogP contribution in [-0.2, 0) is 6.42 Å². The lowest BCUT2D eigenvalue weighted by molar-refractivity contribution is 0.0259. The predicted octanol–water partition coefficient (Wildman–Crippen LogP) is 6.83. The van der Waals surface area contributed by atoms with Crippen LogP contribution in [0.3, 0.4) is 0 Å². The van der Waals surface area contributed by atoms with Gasteiger partial charge in [-0.05, 0) is 83.7 Å². The van der Waals surface area contributed by atoms with E-state index in [0.717, 1.165) is 49.4 Å². The molecule has 0 heterocycles. The molecule has 2 atom stereocenters. The fraction of sp³-hybridized carbons (Fsp3) is 0.652. The summed E-state index contributed by atoms with van der Waals surface area (Å²) in [5.74, 6) is 3.04. The molecule has 0 saturated carbocycles. The van der Waals surface area contributed by atoms with Crippen LogP contribution < -0.4 is 14.2 Å². The summed E-state index contributed by atoms with van der Waals surface area (Å²) >= 11 is 8.37. The lowest BCUT2D eigenvalue weighted by atomic mass is 9.54. The zero-order valence-electron chi connectivity index (χ0n) is 17.9. The average molecular weight is 472 g/mol. The second kappa shape index (κ2) is 10.3. The lowest BCUT2D eigenvalue weighted by Crippen LogP contribution is -2.42. The second-order valence-electron chi connectivity index (χ2n) is 8.09. The van der Waals surface area contributed by atoms with E-state index in [2.05, 4.69) is 60.6 Å². The van der Waals surface area contributed by atoms with Gasteiger partial charge in [-0.1, -0.05) is 35.9 Å². The van der Waals surface area contributed by atoms with E-state index in [1.54, 1.807) is 21.3 Å². The van der Waals surface area contributed by atoms with Crippen molar-refractivity contribution in [3.63, 3.8) is 0 Å². The monoisotopic (exact) mass is 470 g/mol. The van der Waals surface area contributed by atoms with Crippen LogP contribution in [0.4, 0.5) is 0 Å². The van der Waals surface area contributed by atoms with Crippen molar-refractivity contribution < 1.29 is 14.2 Å². The van der Waals surface area contributed by atoms with Gasteiger partial charge in [-0.2, -0.15) is 12.6 Å². The van der Waals surface area contributed by atoms with E-state index in [0.29, 0.717) is 16.6 Å². The highest BCUT2D eigenvalue weighted by Gasteiger charge is 2.47. The van der Waals surface area contributed by atoms with Gasteiger partial charge in [0.25, 0.3) is 0 Å². The Balaban J connectivity index is 2.19. The van der Waals surface area contributed by atoms with Crippen molar-refractivity contribution in [1.29, 1.82) is 0 Å². The third kappa shape index (κ3) is 4.84. The maximum atomic E-state index is 5.51. The SMILES string of the molecule is CCC1(C)CC(Br)=CC[C@@]1(CCS)CCCc1cc(OC)c(OC)c(OC)c1. The summed E-state index contributed by atoms with van der Waals surface area (Å²) in [6.45, 7) is 4.79. The van der Waals surface area contributed by atoms with Crippen LogP contribution >= 0.6 is 28.6 Å². The molecular weight excluding hydrogens is 436 g/mol. The third-order valence-electron chi connectivity index (χ3n) is 6.77. The van der Waals surface area contributed by atoms with Gasteiger partial charge in [0.15, 0.2) is 11.5 Å². The van der Waals surface area contributed by atoms with Crippen LogP contribution in [0, 0.1) is 10.8 Å². The summed E-state index contributed by atoms with van der Waals surface area (Å²) in [6, 6.07) is 4.14. The number of hydrogen-bond acceptors (Lipinski definition) is 4. The molecule has 1 aliphatic rings. The molecule has 0 N–H and O–H groups in total. The van der Waals surface area contributed by atoms with Gasteiger partial charge in [-0.15, -0.1) is 0 Å². The van der Waals surface area contributed by atoms with E-state index < -0.39 is 0 Å². The Kier molecular flexibility index (Phi) is 8.62. The molecule has 0 fully saturated rings. The van der Waals surface area contributed by atoms with Crippen molar-refractivity contribution in [2.45, 2.75) is 58.8 Å².